The fourth-order valence-corrected chi connectivity index (χ4v) is 2.62. The van der Waals surface area contributed by atoms with Crippen molar-refractivity contribution in [2.45, 2.75) is 18.9 Å². The van der Waals surface area contributed by atoms with Crippen LogP contribution in [0.4, 0.5) is 26.3 Å². The molecule has 114 valence electrons. The lowest BCUT2D eigenvalue weighted by Crippen LogP contribution is -2.10. The molecule has 1 aromatic heterocycles. The second-order valence-electron chi connectivity index (χ2n) is 4.07. The maximum Gasteiger partial charge on any atom is 0.434 e. The van der Waals surface area contributed by atoms with E-state index in [1.54, 1.807) is 0 Å². The van der Waals surface area contributed by atoms with Crippen LogP contribution in [0.25, 0.3) is 10.6 Å². The van der Waals surface area contributed by atoms with Gasteiger partial charge in [-0.2, -0.15) is 26.3 Å². The van der Waals surface area contributed by atoms with Crippen LogP contribution in [0, 0.1) is 0 Å². The number of benzene rings is 1. The highest BCUT2D eigenvalue weighted by Crippen LogP contribution is 2.38. The van der Waals surface area contributed by atoms with Gasteiger partial charge in [0, 0.05) is 12.1 Å². The molecular formula is C12H8F6N2S. The number of hydrogen-bond acceptors (Lipinski definition) is 3. The molecule has 1 heterocycles. The van der Waals surface area contributed by atoms with Gasteiger partial charge in [-0.3, -0.25) is 0 Å². The summed E-state index contributed by atoms with van der Waals surface area (Å²) in [5, 5.41) is -0.145. The van der Waals surface area contributed by atoms with Crippen LogP contribution >= 0.6 is 11.3 Å². The molecule has 2 nitrogen and oxygen atoms in total. The van der Waals surface area contributed by atoms with Crippen LogP contribution in [-0.2, 0) is 18.9 Å². The molecule has 21 heavy (non-hydrogen) atoms. The van der Waals surface area contributed by atoms with Crippen molar-refractivity contribution < 1.29 is 26.3 Å². The first-order valence-corrected chi connectivity index (χ1v) is 6.39. The lowest BCUT2D eigenvalue weighted by Gasteiger charge is -2.07. The van der Waals surface area contributed by atoms with E-state index in [4.69, 9.17) is 5.73 Å². The molecular weight excluding hydrogens is 318 g/mol. The Kier molecular flexibility index (Phi) is 3.98. The number of rotatable bonds is 2. The summed E-state index contributed by atoms with van der Waals surface area (Å²) in [7, 11) is 0. The zero-order valence-electron chi connectivity index (χ0n) is 10.2. The van der Waals surface area contributed by atoms with Crippen molar-refractivity contribution in [3.8, 4) is 10.6 Å². The van der Waals surface area contributed by atoms with E-state index in [2.05, 4.69) is 4.98 Å². The third kappa shape index (κ3) is 3.35. The Morgan fingerprint density at radius 2 is 1.71 bits per heavy atom. The first-order valence-electron chi connectivity index (χ1n) is 5.57. The van der Waals surface area contributed by atoms with E-state index < -0.39 is 23.6 Å². The Balaban J connectivity index is 2.51. The van der Waals surface area contributed by atoms with Crippen LogP contribution in [0.2, 0.25) is 0 Å². The SMILES string of the molecule is NCc1sc(-c2cccc(C(F)(F)F)c2)nc1C(F)(F)F. The molecule has 0 aliphatic carbocycles. The molecule has 0 bridgehead atoms. The lowest BCUT2D eigenvalue weighted by molar-refractivity contribution is -0.141. The minimum Gasteiger partial charge on any atom is -0.326 e. The Morgan fingerprint density at radius 1 is 1.05 bits per heavy atom. The van der Waals surface area contributed by atoms with Gasteiger partial charge in [-0.05, 0) is 12.1 Å². The summed E-state index contributed by atoms with van der Waals surface area (Å²) in [5.74, 6) is 0. The maximum absolute atomic E-state index is 12.7. The molecule has 0 saturated carbocycles. The quantitative estimate of drug-likeness (QED) is 0.836. The molecule has 2 aromatic rings. The van der Waals surface area contributed by atoms with E-state index in [9.17, 15) is 26.3 Å². The highest BCUT2D eigenvalue weighted by Gasteiger charge is 2.37. The van der Waals surface area contributed by atoms with Gasteiger partial charge in [-0.15, -0.1) is 11.3 Å². The lowest BCUT2D eigenvalue weighted by atomic mass is 10.1. The van der Waals surface area contributed by atoms with Crippen molar-refractivity contribution in [3.05, 3.63) is 40.4 Å². The molecule has 0 radical (unpaired) electrons. The molecule has 0 saturated heterocycles. The van der Waals surface area contributed by atoms with Crippen LogP contribution in [0.3, 0.4) is 0 Å². The van der Waals surface area contributed by atoms with Gasteiger partial charge in [0.1, 0.15) is 5.01 Å². The van der Waals surface area contributed by atoms with Gasteiger partial charge in [-0.25, -0.2) is 4.98 Å². The standard InChI is InChI=1S/C12H8F6N2S/c13-11(14,15)7-3-1-2-6(4-7)10-20-9(12(16,17)18)8(5-19)21-10/h1-4H,5,19H2. The van der Waals surface area contributed by atoms with E-state index in [-0.39, 0.29) is 22.0 Å². The van der Waals surface area contributed by atoms with E-state index in [1.807, 2.05) is 0 Å². The number of hydrogen-bond donors (Lipinski definition) is 1. The summed E-state index contributed by atoms with van der Waals surface area (Å²) in [6.45, 7) is -0.383. The predicted octanol–water partition coefficient (Wildman–Crippen LogP) is 4.31. The minimum atomic E-state index is -4.69. The number of nitrogens with two attached hydrogens (primary N) is 1. The third-order valence-electron chi connectivity index (χ3n) is 2.59. The molecule has 0 unspecified atom stereocenters. The summed E-state index contributed by atoms with van der Waals surface area (Å²) in [6.07, 6.45) is -9.26. The summed E-state index contributed by atoms with van der Waals surface area (Å²) < 4.78 is 76.0. The van der Waals surface area contributed by atoms with Crippen LogP contribution in [0.1, 0.15) is 16.1 Å². The fraction of sp³-hybridized carbons (Fsp3) is 0.250. The summed E-state index contributed by atoms with van der Waals surface area (Å²) in [5.41, 5.74) is 3.10. The maximum atomic E-state index is 12.7. The van der Waals surface area contributed by atoms with Crippen molar-refractivity contribution in [3.63, 3.8) is 0 Å². The smallest absolute Gasteiger partial charge is 0.326 e. The van der Waals surface area contributed by atoms with Gasteiger partial charge < -0.3 is 5.73 Å². The first kappa shape index (κ1) is 15.8. The zero-order chi connectivity index (χ0) is 15.8. The van der Waals surface area contributed by atoms with Crippen molar-refractivity contribution in [1.29, 1.82) is 0 Å². The van der Waals surface area contributed by atoms with E-state index in [0.717, 1.165) is 18.2 Å². The van der Waals surface area contributed by atoms with E-state index in [1.165, 1.54) is 6.07 Å². The summed E-state index contributed by atoms with van der Waals surface area (Å²) >= 11 is 0.635. The van der Waals surface area contributed by atoms with Crippen LogP contribution in [-0.4, -0.2) is 4.98 Å². The van der Waals surface area contributed by atoms with E-state index >= 15 is 0 Å². The van der Waals surface area contributed by atoms with Gasteiger partial charge in [0.15, 0.2) is 5.69 Å². The normalized spacial score (nSPS) is 12.7. The first-order chi connectivity index (χ1) is 9.63. The van der Waals surface area contributed by atoms with Crippen molar-refractivity contribution in [2.75, 3.05) is 0 Å². The van der Waals surface area contributed by atoms with Crippen molar-refractivity contribution in [2.24, 2.45) is 5.73 Å². The highest BCUT2D eigenvalue weighted by molar-refractivity contribution is 7.15. The topological polar surface area (TPSA) is 38.9 Å². The largest absolute Gasteiger partial charge is 0.434 e. The number of halogens is 6. The van der Waals surface area contributed by atoms with Gasteiger partial charge in [-0.1, -0.05) is 12.1 Å². The van der Waals surface area contributed by atoms with Crippen LogP contribution in [0.5, 0.6) is 0 Å². The second kappa shape index (κ2) is 5.30. The Morgan fingerprint density at radius 3 is 2.19 bits per heavy atom. The van der Waals surface area contributed by atoms with Gasteiger partial charge in [0.25, 0.3) is 0 Å². The molecule has 1 aromatic carbocycles. The molecule has 0 aliphatic rings. The second-order valence-corrected chi connectivity index (χ2v) is 5.15. The molecule has 2 N–H and O–H groups in total. The van der Waals surface area contributed by atoms with Crippen molar-refractivity contribution in [1.82, 2.24) is 4.98 Å². The zero-order valence-corrected chi connectivity index (χ0v) is 11.0. The average Bonchev–Trinajstić information content (AvgIpc) is 2.82. The van der Waals surface area contributed by atoms with Crippen LogP contribution < -0.4 is 5.73 Å². The van der Waals surface area contributed by atoms with E-state index in [0.29, 0.717) is 11.3 Å². The monoisotopic (exact) mass is 326 g/mol. The summed E-state index contributed by atoms with van der Waals surface area (Å²) in [4.78, 5) is 3.18. The van der Waals surface area contributed by atoms with Gasteiger partial charge >= 0.3 is 12.4 Å². The predicted molar refractivity (Wildman–Crippen MR) is 65.4 cm³/mol. The minimum absolute atomic E-state index is 0.0278. The molecule has 0 spiro atoms. The molecule has 0 aliphatic heterocycles. The van der Waals surface area contributed by atoms with Crippen LogP contribution in [0.15, 0.2) is 24.3 Å². The van der Waals surface area contributed by atoms with Gasteiger partial charge in [0.2, 0.25) is 0 Å². The number of aromatic nitrogens is 1. The Bertz CT molecular complexity index is 644. The fourth-order valence-electron chi connectivity index (χ4n) is 1.66. The number of alkyl halides is 6. The number of thiazole rings is 1. The Hall–Kier alpha value is -1.61. The third-order valence-corrected chi connectivity index (χ3v) is 3.71. The Labute approximate surface area is 119 Å². The molecule has 0 amide bonds. The summed E-state index contributed by atoms with van der Waals surface area (Å²) in [6, 6.07) is 3.99. The molecule has 0 fully saturated rings. The van der Waals surface area contributed by atoms with Crippen molar-refractivity contribution >= 4 is 11.3 Å². The molecule has 9 heteroatoms. The molecule has 0 atom stereocenters. The average molecular weight is 326 g/mol. The molecule has 2 rings (SSSR count). The van der Waals surface area contributed by atoms with Gasteiger partial charge in [0.05, 0.1) is 10.4 Å². The highest BCUT2D eigenvalue weighted by atomic mass is 32.1. The number of nitrogens with zero attached hydrogens (tertiary/aromatic N) is 1.